The quantitative estimate of drug-likeness (QED) is 0.432. The van der Waals surface area contributed by atoms with E-state index in [0.29, 0.717) is 5.92 Å². The van der Waals surface area contributed by atoms with Gasteiger partial charge in [0.1, 0.15) is 0 Å². The Hall–Kier alpha value is -2.68. The minimum absolute atomic E-state index is 0.651. The van der Waals surface area contributed by atoms with Crippen LogP contribution < -0.4 is 0 Å². The zero-order valence-electron chi connectivity index (χ0n) is 16.1. The van der Waals surface area contributed by atoms with Crippen molar-refractivity contribution >= 4 is 21.8 Å². The van der Waals surface area contributed by atoms with Crippen LogP contribution >= 0.6 is 0 Å². The molecule has 1 fully saturated rings. The van der Waals surface area contributed by atoms with Crippen molar-refractivity contribution in [2.24, 2.45) is 7.05 Å². The predicted molar refractivity (Wildman–Crippen MR) is 112 cm³/mol. The average molecular weight is 355 g/mol. The first-order chi connectivity index (χ1) is 13.2. The maximum absolute atomic E-state index is 4.99. The van der Waals surface area contributed by atoms with Crippen LogP contribution in [0.2, 0.25) is 0 Å². The molecule has 0 unspecified atom stereocenters. The molecule has 0 aliphatic heterocycles. The molecule has 0 radical (unpaired) electrons. The number of fused-ring (bicyclic) bond motifs is 2. The normalized spacial score (nSPS) is 15.6. The van der Waals surface area contributed by atoms with E-state index in [4.69, 9.17) is 4.98 Å². The molecule has 2 aromatic carbocycles. The molecule has 0 amide bonds. The molecule has 2 aromatic heterocycles. The second-order valence-corrected chi connectivity index (χ2v) is 8.01. The summed E-state index contributed by atoms with van der Waals surface area (Å²) >= 11 is 0. The number of rotatable bonds is 2. The van der Waals surface area contributed by atoms with Gasteiger partial charge in [0, 0.05) is 35.6 Å². The summed E-state index contributed by atoms with van der Waals surface area (Å²) in [6.45, 7) is 2.14. The van der Waals surface area contributed by atoms with Crippen LogP contribution in [0.4, 0.5) is 0 Å². The van der Waals surface area contributed by atoms with Crippen LogP contribution in [0.1, 0.15) is 49.3 Å². The summed E-state index contributed by atoms with van der Waals surface area (Å²) in [5.41, 5.74) is 7.17. The first-order valence-corrected chi connectivity index (χ1v) is 10.0. The molecule has 136 valence electrons. The second kappa shape index (κ2) is 6.49. The number of aromatic nitrogens is 3. The van der Waals surface area contributed by atoms with Crippen molar-refractivity contribution in [1.82, 2.24) is 14.8 Å². The largest absolute Gasteiger partial charge is 0.275 e. The molecule has 27 heavy (non-hydrogen) atoms. The topological polar surface area (TPSA) is 30.7 Å². The van der Waals surface area contributed by atoms with E-state index in [9.17, 15) is 0 Å². The van der Waals surface area contributed by atoms with Gasteiger partial charge in [0.25, 0.3) is 0 Å². The third-order valence-corrected chi connectivity index (χ3v) is 5.98. The fraction of sp³-hybridized carbons (Fsp3) is 0.333. The molecule has 0 atom stereocenters. The Morgan fingerprint density at radius 3 is 2.56 bits per heavy atom. The standard InChI is InChI=1S/C24H25N3/c1-16-12-20(14-21-15-27(2)26-24(16)21)18-8-10-23-19(13-18)9-11-22(25-23)17-6-4-3-5-7-17/h8-15,17H,3-7H2,1-2H3. The first kappa shape index (κ1) is 16.5. The fourth-order valence-corrected chi connectivity index (χ4v) is 4.54. The summed E-state index contributed by atoms with van der Waals surface area (Å²) in [7, 11) is 1.98. The third-order valence-electron chi connectivity index (χ3n) is 5.98. The van der Waals surface area contributed by atoms with E-state index >= 15 is 0 Å². The lowest BCUT2D eigenvalue weighted by Gasteiger charge is -2.21. The van der Waals surface area contributed by atoms with Gasteiger partial charge >= 0.3 is 0 Å². The van der Waals surface area contributed by atoms with Gasteiger partial charge in [-0.1, -0.05) is 31.4 Å². The van der Waals surface area contributed by atoms with Gasteiger partial charge in [-0.25, -0.2) is 0 Å². The fourth-order valence-electron chi connectivity index (χ4n) is 4.54. The van der Waals surface area contributed by atoms with Crippen LogP contribution in [0.5, 0.6) is 0 Å². The molecule has 0 N–H and O–H groups in total. The highest BCUT2D eigenvalue weighted by Crippen LogP contribution is 2.33. The van der Waals surface area contributed by atoms with Crippen LogP contribution in [0.15, 0.2) is 48.7 Å². The highest BCUT2D eigenvalue weighted by atomic mass is 15.2. The molecule has 1 aliphatic carbocycles. The summed E-state index contributed by atoms with van der Waals surface area (Å²) in [5.74, 6) is 0.651. The van der Waals surface area contributed by atoms with E-state index in [2.05, 4.69) is 60.7 Å². The number of benzene rings is 2. The molecular weight excluding hydrogens is 330 g/mol. The van der Waals surface area contributed by atoms with Crippen molar-refractivity contribution in [3.05, 3.63) is 59.9 Å². The Morgan fingerprint density at radius 2 is 1.70 bits per heavy atom. The SMILES string of the molecule is Cc1cc(-c2ccc3nc(C4CCCCC4)ccc3c2)cc2cn(C)nc12. The van der Waals surface area contributed by atoms with E-state index in [0.717, 1.165) is 11.0 Å². The van der Waals surface area contributed by atoms with Crippen LogP contribution in [0.25, 0.3) is 32.9 Å². The Labute approximate surface area is 160 Å². The van der Waals surface area contributed by atoms with E-state index in [1.54, 1.807) is 0 Å². The molecule has 0 saturated heterocycles. The third kappa shape index (κ3) is 3.01. The van der Waals surface area contributed by atoms with Gasteiger partial charge in [-0.05, 0) is 66.8 Å². The highest BCUT2D eigenvalue weighted by molar-refractivity contribution is 5.90. The maximum atomic E-state index is 4.99. The van der Waals surface area contributed by atoms with Crippen LogP contribution in [0, 0.1) is 6.92 Å². The molecule has 1 aliphatic rings. The van der Waals surface area contributed by atoms with Crippen LogP contribution in [-0.4, -0.2) is 14.8 Å². The van der Waals surface area contributed by atoms with Gasteiger partial charge in [-0.15, -0.1) is 0 Å². The lowest BCUT2D eigenvalue weighted by Crippen LogP contribution is -2.06. The minimum atomic E-state index is 0.651. The second-order valence-electron chi connectivity index (χ2n) is 8.01. The summed E-state index contributed by atoms with van der Waals surface area (Å²) in [4.78, 5) is 4.99. The van der Waals surface area contributed by atoms with Crippen molar-refractivity contribution in [2.45, 2.75) is 44.9 Å². The smallest absolute Gasteiger partial charge is 0.0952 e. The van der Waals surface area contributed by atoms with Gasteiger partial charge < -0.3 is 0 Å². The van der Waals surface area contributed by atoms with Crippen molar-refractivity contribution in [1.29, 1.82) is 0 Å². The lowest BCUT2D eigenvalue weighted by molar-refractivity contribution is 0.437. The molecule has 2 heterocycles. The molecule has 0 bridgehead atoms. The number of hydrogen-bond donors (Lipinski definition) is 0. The van der Waals surface area contributed by atoms with E-state index in [1.165, 1.54) is 65.3 Å². The number of hydrogen-bond acceptors (Lipinski definition) is 2. The Kier molecular flexibility index (Phi) is 3.96. The summed E-state index contributed by atoms with van der Waals surface area (Å²) in [6.07, 6.45) is 8.75. The van der Waals surface area contributed by atoms with Crippen molar-refractivity contribution in [2.75, 3.05) is 0 Å². The predicted octanol–water partition coefficient (Wildman–Crippen LogP) is 6.14. The summed E-state index contributed by atoms with van der Waals surface area (Å²) < 4.78 is 1.89. The molecule has 4 aromatic rings. The van der Waals surface area contributed by atoms with Gasteiger partial charge in [-0.2, -0.15) is 5.10 Å². The van der Waals surface area contributed by atoms with Gasteiger partial charge in [0.15, 0.2) is 0 Å². The number of pyridine rings is 1. The van der Waals surface area contributed by atoms with E-state index < -0.39 is 0 Å². The number of nitrogens with zero attached hydrogens (tertiary/aromatic N) is 3. The van der Waals surface area contributed by atoms with Gasteiger partial charge in [0.05, 0.1) is 11.0 Å². The molecule has 3 heteroatoms. The molecule has 5 rings (SSSR count). The average Bonchev–Trinajstić information content (AvgIpc) is 3.09. The highest BCUT2D eigenvalue weighted by Gasteiger charge is 2.17. The van der Waals surface area contributed by atoms with Crippen molar-refractivity contribution in [3.8, 4) is 11.1 Å². The number of aryl methyl sites for hydroxylation is 2. The van der Waals surface area contributed by atoms with Gasteiger partial charge in [0.2, 0.25) is 0 Å². The Bertz CT molecular complexity index is 1130. The van der Waals surface area contributed by atoms with Crippen molar-refractivity contribution in [3.63, 3.8) is 0 Å². The molecule has 1 saturated carbocycles. The Balaban J connectivity index is 1.54. The monoisotopic (exact) mass is 355 g/mol. The van der Waals surface area contributed by atoms with Crippen molar-refractivity contribution < 1.29 is 0 Å². The molecule has 3 nitrogen and oxygen atoms in total. The van der Waals surface area contributed by atoms with E-state index in [-0.39, 0.29) is 0 Å². The summed E-state index contributed by atoms with van der Waals surface area (Å²) in [5, 5.41) is 6.97. The maximum Gasteiger partial charge on any atom is 0.0952 e. The lowest BCUT2D eigenvalue weighted by atomic mass is 9.86. The zero-order valence-corrected chi connectivity index (χ0v) is 16.1. The van der Waals surface area contributed by atoms with Crippen LogP contribution in [-0.2, 0) is 7.05 Å². The Morgan fingerprint density at radius 1 is 0.889 bits per heavy atom. The zero-order chi connectivity index (χ0) is 18.4. The molecule has 0 spiro atoms. The van der Waals surface area contributed by atoms with Gasteiger partial charge in [-0.3, -0.25) is 9.67 Å². The summed E-state index contributed by atoms with van der Waals surface area (Å²) in [6, 6.07) is 15.6. The van der Waals surface area contributed by atoms with E-state index in [1.807, 2.05) is 11.7 Å². The first-order valence-electron chi connectivity index (χ1n) is 10.0. The molecular formula is C24H25N3. The minimum Gasteiger partial charge on any atom is -0.275 e. The van der Waals surface area contributed by atoms with Crippen LogP contribution in [0.3, 0.4) is 0 Å².